The summed E-state index contributed by atoms with van der Waals surface area (Å²) in [4.78, 5) is 0. The molecule has 0 aliphatic carbocycles. The minimum atomic E-state index is -0.403. The second-order valence-corrected chi connectivity index (χ2v) is 5.88. The van der Waals surface area contributed by atoms with E-state index < -0.39 is 5.60 Å². The van der Waals surface area contributed by atoms with Gasteiger partial charge in [0.2, 0.25) is 0 Å². The van der Waals surface area contributed by atoms with Crippen LogP contribution in [-0.4, -0.2) is 21.7 Å². The minimum absolute atomic E-state index is 0.403. The van der Waals surface area contributed by atoms with Gasteiger partial charge in [-0.15, -0.1) is 0 Å². The molecule has 78 valence electrons. The molecule has 1 nitrogen and oxygen atoms in total. The van der Waals surface area contributed by atoms with Crippen molar-refractivity contribution < 1.29 is 5.11 Å². The van der Waals surface area contributed by atoms with Crippen LogP contribution in [0.25, 0.3) is 0 Å². The Morgan fingerprint density at radius 1 is 1.54 bits per heavy atom. The van der Waals surface area contributed by atoms with E-state index in [4.69, 9.17) is 0 Å². The van der Waals surface area contributed by atoms with Crippen LogP contribution in [0.15, 0.2) is 0 Å². The fraction of sp³-hybridized carbons (Fsp3) is 1.00. The van der Waals surface area contributed by atoms with Crippen LogP contribution >= 0.6 is 11.8 Å². The quantitative estimate of drug-likeness (QED) is 0.759. The highest BCUT2D eigenvalue weighted by Crippen LogP contribution is 2.43. The standard InChI is InChI=1S/C11H22OS/c1-5-8(2)9(3)11(12)6-7-13-10(11)4/h8-10,12H,5-7H2,1-4H3. The number of hydrogen-bond donors (Lipinski definition) is 1. The normalized spacial score (nSPS) is 39.0. The van der Waals surface area contributed by atoms with Crippen molar-refractivity contribution in [2.24, 2.45) is 11.8 Å². The molecule has 2 heteroatoms. The van der Waals surface area contributed by atoms with Crippen LogP contribution in [-0.2, 0) is 0 Å². The number of thioether (sulfide) groups is 1. The predicted molar refractivity (Wildman–Crippen MR) is 60.1 cm³/mol. The van der Waals surface area contributed by atoms with Crippen LogP contribution in [0.5, 0.6) is 0 Å². The summed E-state index contributed by atoms with van der Waals surface area (Å²) in [6.45, 7) is 8.82. The average molecular weight is 202 g/mol. The molecule has 1 aliphatic rings. The lowest BCUT2D eigenvalue weighted by Crippen LogP contribution is -2.44. The Morgan fingerprint density at radius 3 is 2.54 bits per heavy atom. The van der Waals surface area contributed by atoms with Crippen LogP contribution in [0.1, 0.15) is 40.5 Å². The van der Waals surface area contributed by atoms with E-state index in [9.17, 15) is 5.11 Å². The van der Waals surface area contributed by atoms with Gasteiger partial charge in [0.25, 0.3) is 0 Å². The van der Waals surface area contributed by atoms with Gasteiger partial charge < -0.3 is 5.11 Å². The summed E-state index contributed by atoms with van der Waals surface area (Å²) in [6.07, 6.45) is 2.14. The van der Waals surface area contributed by atoms with E-state index in [1.165, 1.54) is 6.42 Å². The maximum absolute atomic E-state index is 10.5. The first-order valence-electron chi connectivity index (χ1n) is 5.36. The van der Waals surface area contributed by atoms with Crippen molar-refractivity contribution >= 4 is 11.8 Å². The maximum atomic E-state index is 10.5. The van der Waals surface area contributed by atoms with Gasteiger partial charge in [0.05, 0.1) is 5.60 Å². The SMILES string of the molecule is CCC(C)C(C)C1(O)CCSC1C. The molecular weight excluding hydrogens is 180 g/mol. The van der Waals surface area contributed by atoms with Gasteiger partial charge in [-0.3, -0.25) is 0 Å². The molecule has 0 radical (unpaired) electrons. The highest BCUT2D eigenvalue weighted by atomic mass is 32.2. The molecule has 1 aliphatic heterocycles. The molecule has 1 heterocycles. The fourth-order valence-electron chi connectivity index (χ4n) is 2.19. The zero-order chi connectivity index (χ0) is 10.1. The minimum Gasteiger partial charge on any atom is -0.388 e. The van der Waals surface area contributed by atoms with Crippen molar-refractivity contribution in [1.29, 1.82) is 0 Å². The van der Waals surface area contributed by atoms with Gasteiger partial charge in [-0.2, -0.15) is 11.8 Å². The van der Waals surface area contributed by atoms with E-state index in [0.717, 1.165) is 12.2 Å². The summed E-state index contributed by atoms with van der Waals surface area (Å²) in [5.74, 6) is 2.19. The molecule has 1 fully saturated rings. The van der Waals surface area contributed by atoms with Crippen molar-refractivity contribution in [3.05, 3.63) is 0 Å². The van der Waals surface area contributed by atoms with Crippen LogP contribution in [0.4, 0.5) is 0 Å². The molecule has 0 aromatic rings. The summed E-state index contributed by atoms with van der Waals surface area (Å²) < 4.78 is 0. The monoisotopic (exact) mass is 202 g/mol. The highest BCUT2D eigenvalue weighted by molar-refractivity contribution is 8.00. The van der Waals surface area contributed by atoms with Crippen LogP contribution in [0.3, 0.4) is 0 Å². The lowest BCUT2D eigenvalue weighted by molar-refractivity contribution is -0.0275. The van der Waals surface area contributed by atoms with Crippen molar-refractivity contribution in [2.75, 3.05) is 5.75 Å². The third-order valence-corrected chi connectivity index (χ3v) is 5.21. The van der Waals surface area contributed by atoms with Crippen molar-refractivity contribution in [1.82, 2.24) is 0 Å². The van der Waals surface area contributed by atoms with Gasteiger partial charge in [-0.1, -0.05) is 34.1 Å². The van der Waals surface area contributed by atoms with E-state index in [1.807, 2.05) is 11.8 Å². The Kier molecular flexibility index (Phi) is 3.70. The molecule has 1 saturated heterocycles. The summed E-state index contributed by atoms with van der Waals surface area (Å²) in [5, 5.41) is 10.9. The molecule has 4 atom stereocenters. The summed E-state index contributed by atoms with van der Waals surface area (Å²) in [7, 11) is 0. The third-order valence-electron chi connectivity index (χ3n) is 3.86. The number of aliphatic hydroxyl groups is 1. The molecule has 0 aromatic heterocycles. The number of hydrogen-bond acceptors (Lipinski definition) is 2. The van der Waals surface area contributed by atoms with Gasteiger partial charge in [0.1, 0.15) is 0 Å². The smallest absolute Gasteiger partial charge is 0.0798 e. The lowest BCUT2D eigenvalue weighted by Gasteiger charge is -2.36. The van der Waals surface area contributed by atoms with Crippen molar-refractivity contribution in [2.45, 2.75) is 51.4 Å². The van der Waals surface area contributed by atoms with Gasteiger partial charge in [0.15, 0.2) is 0 Å². The maximum Gasteiger partial charge on any atom is 0.0798 e. The van der Waals surface area contributed by atoms with E-state index in [1.54, 1.807) is 0 Å². The topological polar surface area (TPSA) is 20.2 Å². The predicted octanol–water partition coefficient (Wildman–Crippen LogP) is 2.93. The largest absolute Gasteiger partial charge is 0.388 e. The molecule has 0 aromatic carbocycles. The molecule has 0 saturated carbocycles. The third kappa shape index (κ3) is 2.04. The van der Waals surface area contributed by atoms with Crippen LogP contribution < -0.4 is 0 Å². The highest BCUT2D eigenvalue weighted by Gasteiger charge is 2.44. The van der Waals surface area contributed by atoms with Gasteiger partial charge >= 0.3 is 0 Å². The first-order valence-corrected chi connectivity index (χ1v) is 6.41. The Labute approximate surface area is 86.3 Å². The van der Waals surface area contributed by atoms with E-state index in [2.05, 4.69) is 27.7 Å². The lowest BCUT2D eigenvalue weighted by atomic mass is 9.76. The van der Waals surface area contributed by atoms with Crippen LogP contribution in [0.2, 0.25) is 0 Å². The summed E-state index contributed by atoms with van der Waals surface area (Å²) >= 11 is 1.91. The van der Waals surface area contributed by atoms with E-state index in [0.29, 0.717) is 17.1 Å². The Bertz CT molecular complexity index is 171. The van der Waals surface area contributed by atoms with E-state index in [-0.39, 0.29) is 0 Å². The van der Waals surface area contributed by atoms with Gasteiger partial charge in [-0.25, -0.2) is 0 Å². The molecule has 0 bridgehead atoms. The molecule has 0 amide bonds. The second kappa shape index (κ2) is 4.22. The first-order chi connectivity index (χ1) is 6.02. The Balaban J connectivity index is 2.67. The van der Waals surface area contributed by atoms with Gasteiger partial charge in [-0.05, 0) is 24.0 Å². The zero-order valence-electron chi connectivity index (χ0n) is 9.21. The summed E-state index contributed by atoms with van der Waals surface area (Å²) in [6, 6.07) is 0. The average Bonchev–Trinajstić information content (AvgIpc) is 2.46. The molecule has 13 heavy (non-hydrogen) atoms. The molecule has 1 rings (SSSR count). The Hall–Kier alpha value is 0.310. The molecule has 1 N–H and O–H groups in total. The Morgan fingerprint density at radius 2 is 2.15 bits per heavy atom. The van der Waals surface area contributed by atoms with E-state index >= 15 is 0 Å². The zero-order valence-corrected chi connectivity index (χ0v) is 10.0. The number of rotatable bonds is 3. The molecule has 4 unspecified atom stereocenters. The van der Waals surface area contributed by atoms with Gasteiger partial charge in [0, 0.05) is 5.25 Å². The fourth-order valence-corrected chi connectivity index (χ4v) is 3.61. The molecule has 0 spiro atoms. The summed E-state index contributed by atoms with van der Waals surface area (Å²) in [5.41, 5.74) is -0.403. The van der Waals surface area contributed by atoms with Crippen LogP contribution in [0, 0.1) is 11.8 Å². The van der Waals surface area contributed by atoms with Crippen molar-refractivity contribution in [3.63, 3.8) is 0 Å². The first kappa shape index (κ1) is 11.4. The second-order valence-electron chi connectivity index (χ2n) is 4.43. The van der Waals surface area contributed by atoms with Crippen molar-refractivity contribution in [3.8, 4) is 0 Å². The molecular formula is C11H22OS.